The average Bonchev–Trinajstić information content (AvgIpc) is 2.67. The second-order valence-electron chi connectivity index (χ2n) is 6.29. The zero-order valence-electron chi connectivity index (χ0n) is 14.9. The van der Waals surface area contributed by atoms with Gasteiger partial charge in [-0.2, -0.15) is 4.31 Å². The highest BCUT2D eigenvalue weighted by atomic mass is 32.2. The number of benzene rings is 1. The van der Waals surface area contributed by atoms with Crippen LogP contribution in [-0.2, 0) is 24.3 Å². The highest BCUT2D eigenvalue weighted by Crippen LogP contribution is 2.31. The number of rotatable bonds is 5. The summed E-state index contributed by atoms with van der Waals surface area (Å²) < 4.78 is 37.2. The molecule has 1 fully saturated rings. The number of methoxy groups -OCH3 is 1. The van der Waals surface area contributed by atoms with E-state index in [1.165, 1.54) is 34.5 Å². The number of nitrogens with two attached hydrogens (primary N) is 1. The largest absolute Gasteiger partial charge is 0.482 e. The zero-order valence-corrected chi connectivity index (χ0v) is 15.7. The van der Waals surface area contributed by atoms with E-state index in [0.717, 1.165) is 0 Å². The first-order chi connectivity index (χ1) is 12.8. The minimum absolute atomic E-state index is 0.0583. The summed E-state index contributed by atoms with van der Waals surface area (Å²) in [7, 11) is -2.30. The number of carbonyl (C=O) groups excluding carboxylic acids is 2. The predicted molar refractivity (Wildman–Crippen MR) is 95.8 cm³/mol. The summed E-state index contributed by atoms with van der Waals surface area (Å²) >= 11 is 0. The van der Waals surface area contributed by atoms with Gasteiger partial charge in [-0.15, -0.1) is 0 Å². The van der Waals surface area contributed by atoms with Crippen LogP contribution in [0.5, 0.6) is 5.75 Å². The molecule has 0 aromatic heterocycles. The van der Waals surface area contributed by atoms with Gasteiger partial charge in [-0.3, -0.25) is 9.59 Å². The Morgan fingerprint density at radius 2 is 2.04 bits per heavy atom. The van der Waals surface area contributed by atoms with Gasteiger partial charge in [0.05, 0.1) is 17.2 Å². The number of nitrogens with one attached hydrogen (secondary N) is 1. The van der Waals surface area contributed by atoms with Gasteiger partial charge in [0.1, 0.15) is 11.8 Å². The summed E-state index contributed by atoms with van der Waals surface area (Å²) in [6, 6.07) is 3.58. The first-order valence-corrected chi connectivity index (χ1v) is 9.87. The van der Waals surface area contributed by atoms with Gasteiger partial charge in [-0.1, -0.05) is 0 Å². The molecule has 1 unspecified atom stereocenters. The van der Waals surface area contributed by atoms with E-state index in [2.05, 4.69) is 5.32 Å². The van der Waals surface area contributed by atoms with Gasteiger partial charge in [-0.05, 0) is 18.2 Å². The van der Waals surface area contributed by atoms with Gasteiger partial charge in [0, 0.05) is 33.3 Å². The molecule has 2 amide bonds. The fourth-order valence-electron chi connectivity index (χ4n) is 3.01. The lowest BCUT2D eigenvalue weighted by Crippen LogP contribution is -2.55. The lowest BCUT2D eigenvalue weighted by molar-refractivity contribution is -0.135. The third-order valence-electron chi connectivity index (χ3n) is 4.44. The minimum atomic E-state index is -3.76. The van der Waals surface area contributed by atoms with E-state index in [1.54, 1.807) is 0 Å². The van der Waals surface area contributed by atoms with Crippen molar-refractivity contribution in [3.8, 4) is 5.75 Å². The van der Waals surface area contributed by atoms with E-state index in [-0.39, 0.29) is 56.1 Å². The van der Waals surface area contributed by atoms with E-state index in [9.17, 15) is 18.0 Å². The van der Waals surface area contributed by atoms with Gasteiger partial charge in [-0.25, -0.2) is 8.42 Å². The number of nitrogens with zero attached hydrogens (tertiary/aromatic N) is 2. The van der Waals surface area contributed by atoms with Crippen LogP contribution in [0.4, 0.5) is 5.69 Å². The molecule has 0 bridgehead atoms. The molecule has 0 radical (unpaired) electrons. The molecule has 10 nitrogen and oxygen atoms in total. The highest BCUT2D eigenvalue weighted by Gasteiger charge is 2.32. The van der Waals surface area contributed by atoms with Crippen LogP contribution in [-0.4, -0.2) is 82.0 Å². The van der Waals surface area contributed by atoms with E-state index in [1.807, 2.05) is 0 Å². The quantitative estimate of drug-likeness (QED) is 0.638. The molecule has 1 saturated heterocycles. The molecule has 27 heavy (non-hydrogen) atoms. The summed E-state index contributed by atoms with van der Waals surface area (Å²) in [6.45, 7) is 0.836. The molecule has 148 valence electrons. The molecular formula is C16H22N4O6S. The number of amides is 2. The fraction of sp³-hybridized carbons (Fsp3) is 0.500. The van der Waals surface area contributed by atoms with Crippen LogP contribution in [0, 0.1) is 0 Å². The maximum atomic E-state index is 12.9. The minimum Gasteiger partial charge on any atom is -0.482 e. The van der Waals surface area contributed by atoms with Gasteiger partial charge < -0.3 is 25.4 Å². The van der Waals surface area contributed by atoms with E-state index >= 15 is 0 Å². The maximum Gasteiger partial charge on any atom is 0.262 e. The summed E-state index contributed by atoms with van der Waals surface area (Å²) in [5.74, 6) is -0.171. The first-order valence-electron chi connectivity index (χ1n) is 8.43. The van der Waals surface area contributed by atoms with Crippen molar-refractivity contribution in [3.63, 3.8) is 0 Å². The number of hydrogen-bond acceptors (Lipinski definition) is 7. The van der Waals surface area contributed by atoms with Crippen LogP contribution in [0.15, 0.2) is 23.1 Å². The van der Waals surface area contributed by atoms with Crippen molar-refractivity contribution in [1.82, 2.24) is 9.21 Å². The van der Waals surface area contributed by atoms with Crippen molar-refractivity contribution in [3.05, 3.63) is 18.2 Å². The van der Waals surface area contributed by atoms with Gasteiger partial charge in [0.15, 0.2) is 6.61 Å². The average molecular weight is 398 g/mol. The highest BCUT2D eigenvalue weighted by molar-refractivity contribution is 7.89. The van der Waals surface area contributed by atoms with Crippen molar-refractivity contribution < 1.29 is 27.5 Å². The smallest absolute Gasteiger partial charge is 0.262 e. The van der Waals surface area contributed by atoms with Crippen LogP contribution < -0.4 is 15.8 Å². The summed E-state index contributed by atoms with van der Waals surface area (Å²) in [5.41, 5.74) is 6.08. The monoisotopic (exact) mass is 398 g/mol. The molecule has 1 aromatic carbocycles. The zero-order chi connectivity index (χ0) is 19.6. The number of anilines is 1. The summed E-state index contributed by atoms with van der Waals surface area (Å²) in [5, 5.41) is 2.60. The Kier molecular flexibility index (Phi) is 5.65. The van der Waals surface area contributed by atoms with Crippen LogP contribution >= 0.6 is 0 Å². The molecule has 1 atom stereocenters. The molecule has 0 spiro atoms. The molecule has 0 aliphatic carbocycles. The normalized spacial score (nSPS) is 19.0. The Morgan fingerprint density at radius 1 is 1.33 bits per heavy atom. The van der Waals surface area contributed by atoms with Crippen LogP contribution in [0.2, 0.25) is 0 Å². The van der Waals surface area contributed by atoms with Crippen molar-refractivity contribution in [2.75, 3.05) is 51.8 Å². The number of ether oxygens (including phenoxy) is 2. The second kappa shape index (κ2) is 7.80. The third kappa shape index (κ3) is 4.05. The molecule has 3 rings (SSSR count). The SMILES string of the molecule is COCC(N)C(=O)N1CCN(S(=O)(=O)c2ccc3c(c2)NC(=O)CO3)CC1. The van der Waals surface area contributed by atoms with Crippen molar-refractivity contribution in [2.24, 2.45) is 5.73 Å². The molecule has 1 aromatic rings. The lowest BCUT2D eigenvalue weighted by Gasteiger charge is -2.35. The predicted octanol–water partition coefficient (Wildman–Crippen LogP) is -1.18. The van der Waals surface area contributed by atoms with E-state index in [0.29, 0.717) is 11.4 Å². The van der Waals surface area contributed by atoms with Gasteiger partial charge >= 0.3 is 0 Å². The number of sulfonamides is 1. The maximum absolute atomic E-state index is 12.9. The van der Waals surface area contributed by atoms with Crippen LogP contribution in [0.25, 0.3) is 0 Å². The Hall–Kier alpha value is -2.21. The molecule has 11 heteroatoms. The third-order valence-corrected chi connectivity index (χ3v) is 6.33. The van der Waals surface area contributed by atoms with Crippen molar-refractivity contribution in [2.45, 2.75) is 10.9 Å². The summed E-state index contributed by atoms with van der Waals surface area (Å²) in [6.07, 6.45) is 0. The van der Waals surface area contributed by atoms with Crippen molar-refractivity contribution >= 4 is 27.5 Å². The van der Waals surface area contributed by atoms with Gasteiger partial charge in [0.2, 0.25) is 15.9 Å². The lowest BCUT2D eigenvalue weighted by atomic mass is 10.2. The standard InChI is InChI=1S/C16H22N4O6S/c1-25-9-12(17)16(22)19-4-6-20(7-5-19)27(23,24)11-2-3-14-13(8-11)18-15(21)10-26-14/h2-3,8,12H,4-7,9-10,17H2,1H3,(H,18,21). The Labute approximate surface area is 157 Å². The fourth-order valence-corrected chi connectivity index (χ4v) is 4.45. The second-order valence-corrected chi connectivity index (χ2v) is 8.22. The Balaban J connectivity index is 1.69. The first kappa shape index (κ1) is 19.5. The molecule has 2 heterocycles. The molecule has 2 aliphatic rings. The topological polar surface area (TPSA) is 131 Å². The molecule has 2 aliphatic heterocycles. The molecule has 3 N–H and O–H groups in total. The number of hydrogen-bond donors (Lipinski definition) is 2. The summed E-state index contributed by atoms with van der Waals surface area (Å²) in [4.78, 5) is 25.2. The van der Waals surface area contributed by atoms with Gasteiger partial charge in [0.25, 0.3) is 5.91 Å². The molecular weight excluding hydrogens is 376 g/mol. The Morgan fingerprint density at radius 3 is 2.70 bits per heavy atom. The van der Waals surface area contributed by atoms with E-state index in [4.69, 9.17) is 15.2 Å². The van der Waals surface area contributed by atoms with Crippen molar-refractivity contribution in [1.29, 1.82) is 0 Å². The van der Waals surface area contributed by atoms with Crippen LogP contribution in [0.1, 0.15) is 0 Å². The van der Waals surface area contributed by atoms with Crippen LogP contribution in [0.3, 0.4) is 0 Å². The van der Waals surface area contributed by atoms with E-state index < -0.39 is 16.1 Å². The molecule has 0 saturated carbocycles. The number of carbonyl (C=O) groups is 2. The Bertz CT molecular complexity index is 835. The number of piperazine rings is 1. The number of fused-ring (bicyclic) bond motifs is 1.